The first-order valence-corrected chi connectivity index (χ1v) is 5.68. The van der Waals surface area contributed by atoms with Crippen molar-refractivity contribution in [2.45, 2.75) is 38.1 Å². The van der Waals surface area contributed by atoms with E-state index < -0.39 is 11.4 Å². The Labute approximate surface area is 99.0 Å². The van der Waals surface area contributed by atoms with Crippen LogP contribution in [0.3, 0.4) is 0 Å². The zero-order valence-electron chi connectivity index (χ0n) is 9.66. The predicted octanol–water partition coefficient (Wildman–Crippen LogP) is 2.94. The molecule has 0 bridgehead atoms. The topological polar surface area (TPSA) is 49.7 Å². The van der Waals surface area contributed by atoms with Crippen LogP contribution < -0.4 is 0 Å². The summed E-state index contributed by atoms with van der Waals surface area (Å²) in [5, 5.41) is 10.0. The maximum Gasteiger partial charge on any atom is 0.235 e. The summed E-state index contributed by atoms with van der Waals surface area (Å²) >= 11 is 0. The molecule has 0 heterocycles. The van der Waals surface area contributed by atoms with Gasteiger partial charge in [0.05, 0.1) is 0 Å². The molecule has 2 rings (SSSR count). The van der Waals surface area contributed by atoms with Crippen LogP contribution in [0.5, 0.6) is 5.75 Å². The Bertz CT molecular complexity index is 486. The van der Waals surface area contributed by atoms with Gasteiger partial charge in [0, 0.05) is 5.56 Å². The molecule has 17 heavy (non-hydrogen) atoms. The van der Waals surface area contributed by atoms with Crippen molar-refractivity contribution in [3.8, 4) is 5.75 Å². The van der Waals surface area contributed by atoms with E-state index in [-0.39, 0.29) is 5.75 Å². The van der Waals surface area contributed by atoms with Crippen LogP contribution in [0.1, 0.15) is 36.8 Å². The van der Waals surface area contributed by atoms with Crippen molar-refractivity contribution in [3.05, 3.63) is 29.1 Å². The summed E-state index contributed by atoms with van der Waals surface area (Å²) in [5.41, 5.74) is 0.0989. The van der Waals surface area contributed by atoms with E-state index in [9.17, 15) is 14.3 Å². The minimum Gasteiger partial charge on any atom is -0.507 e. The molecular weight excluding hydrogens is 221 g/mol. The zero-order chi connectivity index (χ0) is 12.5. The first kappa shape index (κ1) is 11.8. The van der Waals surface area contributed by atoms with Crippen LogP contribution in [0.25, 0.3) is 0 Å². The average molecular weight is 235 g/mol. The third kappa shape index (κ3) is 1.96. The largest absolute Gasteiger partial charge is 0.507 e. The van der Waals surface area contributed by atoms with E-state index >= 15 is 0 Å². The van der Waals surface area contributed by atoms with Crippen LogP contribution in [0, 0.1) is 12.7 Å². The number of carbonyl (C=O) groups excluding carboxylic acids is 1. The molecule has 1 fully saturated rings. The molecule has 0 atom stereocenters. The highest BCUT2D eigenvalue weighted by molar-refractivity contribution is 5.47. The maximum atomic E-state index is 13.4. The van der Waals surface area contributed by atoms with Gasteiger partial charge < -0.3 is 5.11 Å². The molecule has 1 aromatic carbocycles. The SMILES string of the molecule is Cc1cc(F)cc(C2(N=C=O)CCCC2)c1O. The highest BCUT2D eigenvalue weighted by atomic mass is 19.1. The van der Waals surface area contributed by atoms with Crippen molar-refractivity contribution in [1.82, 2.24) is 0 Å². The standard InChI is InChI=1S/C13H14FNO2/c1-9-6-10(14)7-11(12(9)17)13(15-8-16)4-2-3-5-13/h6-7,17H,2-5H2,1H3. The highest BCUT2D eigenvalue weighted by Gasteiger charge is 2.38. The molecule has 1 aliphatic carbocycles. The first-order chi connectivity index (χ1) is 8.09. The van der Waals surface area contributed by atoms with E-state index in [1.54, 1.807) is 13.0 Å². The van der Waals surface area contributed by atoms with Gasteiger partial charge in [0.25, 0.3) is 0 Å². The van der Waals surface area contributed by atoms with Gasteiger partial charge in [-0.15, -0.1) is 0 Å². The molecule has 1 aromatic rings. The molecule has 1 saturated carbocycles. The first-order valence-electron chi connectivity index (χ1n) is 5.68. The van der Waals surface area contributed by atoms with E-state index in [4.69, 9.17) is 0 Å². The second-order valence-electron chi connectivity index (χ2n) is 4.56. The number of hydrogen-bond donors (Lipinski definition) is 1. The number of aromatic hydroxyl groups is 1. The summed E-state index contributed by atoms with van der Waals surface area (Å²) in [5.74, 6) is -0.380. The van der Waals surface area contributed by atoms with E-state index in [1.165, 1.54) is 12.1 Å². The van der Waals surface area contributed by atoms with Crippen molar-refractivity contribution in [3.63, 3.8) is 0 Å². The van der Waals surface area contributed by atoms with Crippen LogP contribution in [-0.2, 0) is 10.3 Å². The van der Waals surface area contributed by atoms with Crippen molar-refractivity contribution in [2.75, 3.05) is 0 Å². The van der Waals surface area contributed by atoms with Gasteiger partial charge in [0.2, 0.25) is 6.08 Å². The lowest BCUT2D eigenvalue weighted by Gasteiger charge is -2.24. The second kappa shape index (κ2) is 4.30. The van der Waals surface area contributed by atoms with Gasteiger partial charge in [-0.3, -0.25) is 0 Å². The highest BCUT2D eigenvalue weighted by Crippen LogP contribution is 2.46. The smallest absolute Gasteiger partial charge is 0.235 e. The van der Waals surface area contributed by atoms with Crippen LogP contribution >= 0.6 is 0 Å². The minimum atomic E-state index is -0.779. The number of aliphatic imine (C=N–C) groups is 1. The number of halogens is 1. The molecular formula is C13H14FNO2. The molecule has 0 aliphatic heterocycles. The van der Waals surface area contributed by atoms with Crippen molar-refractivity contribution >= 4 is 6.08 Å². The molecule has 0 saturated heterocycles. The van der Waals surface area contributed by atoms with Gasteiger partial charge >= 0.3 is 0 Å². The lowest BCUT2D eigenvalue weighted by Crippen LogP contribution is -2.19. The number of hydrogen-bond acceptors (Lipinski definition) is 3. The molecule has 0 aromatic heterocycles. The Morgan fingerprint density at radius 2 is 2.06 bits per heavy atom. The number of isocyanates is 1. The summed E-state index contributed by atoms with van der Waals surface area (Å²) in [6, 6.07) is 2.54. The van der Waals surface area contributed by atoms with Crippen LogP contribution in [0.4, 0.5) is 4.39 Å². The Balaban J connectivity index is 2.61. The monoisotopic (exact) mass is 235 g/mol. The molecule has 90 valence electrons. The summed E-state index contributed by atoms with van der Waals surface area (Å²) in [7, 11) is 0. The lowest BCUT2D eigenvalue weighted by atomic mass is 9.87. The van der Waals surface area contributed by atoms with Crippen molar-refractivity contribution < 1.29 is 14.3 Å². The Hall–Kier alpha value is -1.67. The number of phenols is 1. The Kier molecular flexibility index (Phi) is 2.99. The summed E-state index contributed by atoms with van der Waals surface area (Å²) in [6.07, 6.45) is 4.69. The summed E-state index contributed by atoms with van der Waals surface area (Å²) in [6.45, 7) is 1.63. The number of phenolic OH excluding ortho intramolecular Hbond substituents is 1. The quantitative estimate of drug-likeness (QED) is 0.633. The molecule has 0 spiro atoms. The molecule has 3 nitrogen and oxygen atoms in total. The average Bonchev–Trinajstić information content (AvgIpc) is 2.73. The number of aryl methyl sites for hydroxylation is 1. The normalized spacial score (nSPS) is 17.8. The Morgan fingerprint density at radius 3 is 2.65 bits per heavy atom. The van der Waals surface area contributed by atoms with Gasteiger partial charge in [0.15, 0.2) is 0 Å². The van der Waals surface area contributed by atoms with Gasteiger partial charge in [-0.1, -0.05) is 12.8 Å². The second-order valence-corrected chi connectivity index (χ2v) is 4.56. The van der Waals surface area contributed by atoms with Crippen LogP contribution in [-0.4, -0.2) is 11.2 Å². The third-order valence-electron chi connectivity index (χ3n) is 3.46. The van der Waals surface area contributed by atoms with Crippen molar-refractivity contribution in [1.29, 1.82) is 0 Å². The molecule has 1 aliphatic rings. The summed E-state index contributed by atoms with van der Waals surface area (Å²) in [4.78, 5) is 14.4. The van der Waals surface area contributed by atoms with E-state index in [1.807, 2.05) is 0 Å². The van der Waals surface area contributed by atoms with E-state index in [0.717, 1.165) is 12.8 Å². The lowest BCUT2D eigenvalue weighted by molar-refractivity contribution is 0.402. The molecule has 4 heteroatoms. The molecule has 0 amide bonds. The van der Waals surface area contributed by atoms with Gasteiger partial charge in [-0.2, -0.15) is 4.99 Å². The Morgan fingerprint density at radius 1 is 1.41 bits per heavy atom. The fraction of sp³-hybridized carbons (Fsp3) is 0.462. The predicted molar refractivity (Wildman–Crippen MR) is 61.1 cm³/mol. The van der Waals surface area contributed by atoms with Gasteiger partial charge in [0.1, 0.15) is 17.1 Å². The molecule has 0 unspecified atom stereocenters. The minimum absolute atomic E-state index is 0.0345. The third-order valence-corrected chi connectivity index (χ3v) is 3.46. The van der Waals surface area contributed by atoms with Gasteiger partial charge in [-0.25, -0.2) is 9.18 Å². The van der Waals surface area contributed by atoms with Gasteiger partial charge in [-0.05, 0) is 37.5 Å². The molecule has 0 radical (unpaired) electrons. The van der Waals surface area contributed by atoms with Crippen LogP contribution in [0.15, 0.2) is 17.1 Å². The number of benzene rings is 1. The fourth-order valence-electron chi connectivity index (χ4n) is 2.58. The van der Waals surface area contributed by atoms with E-state index in [0.29, 0.717) is 24.0 Å². The summed E-state index contributed by atoms with van der Waals surface area (Å²) < 4.78 is 13.4. The van der Waals surface area contributed by atoms with Crippen LogP contribution in [0.2, 0.25) is 0 Å². The number of nitrogens with zero attached hydrogens (tertiary/aromatic N) is 1. The fourth-order valence-corrected chi connectivity index (χ4v) is 2.58. The van der Waals surface area contributed by atoms with E-state index in [2.05, 4.69) is 4.99 Å². The number of rotatable bonds is 2. The zero-order valence-corrected chi connectivity index (χ0v) is 9.66. The van der Waals surface area contributed by atoms with Crippen molar-refractivity contribution in [2.24, 2.45) is 4.99 Å². The molecule has 1 N–H and O–H groups in total. The maximum absolute atomic E-state index is 13.4.